The van der Waals surface area contributed by atoms with E-state index in [1.165, 1.54) is 0 Å². The van der Waals surface area contributed by atoms with Crippen molar-refractivity contribution >= 4 is 7.85 Å². The van der Waals surface area contributed by atoms with Gasteiger partial charge in [0.2, 0.25) is 0 Å². The minimum atomic E-state index is -1.10. The van der Waals surface area contributed by atoms with Crippen LogP contribution in [0.4, 0.5) is 0 Å². The molecule has 2 N–H and O–H groups in total. The first kappa shape index (κ1) is 8.05. The van der Waals surface area contributed by atoms with Crippen molar-refractivity contribution in [3.05, 3.63) is 0 Å². The molecule has 1 aliphatic heterocycles. The third-order valence-electron chi connectivity index (χ3n) is 1.83. The van der Waals surface area contributed by atoms with Gasteiger partial charge >= 0.3 is 0 Å². The summed E-state index contributed by atoms with van der Waals surface area (Å²) in [6.45, 7) is 3.22. The average Bonchev–Trinajstić information content (AvgIpc) is 1.95. The van der Waals surface area contributed by atoms with E-state index in [1.807, 2.05) is 0 Å². The van der Waals surface area contributed by atoms with Crippen LogP contribution in [0.5, 0.6) is 0 Å². The minimum Gasteiger partial charge on any atom is -0.388 e. The lowest BCUT2D eigenvalue weighted by Gasteiger charge is -2.22. The van der Waals surface area contributed by atoms with Crippen molar-refractivity contribution < 1.29 is 14.9 Å². The fourth-order valence-electron chi connectivity index (χ4n) is 1.14. The summed E-state index contributed by atoms with van der Waals surface area (Å²) < 4.78 is 5.05. The van der Waals surface area contributed by atoms with Gasteiger partial charge in [0, 0.05) is 0 Å². The van der Waals surface area contributed by atoms with Crippen molar-refractivity contribution in [2.75, 3.05) is 0 Å². The van der Waals surface area contributed by atoms with Crippen LogP contribution in [0.2, 0.25) is 0 Å². The highest BCUT2D eigenvalue weighted by molar-refractivity contribution is 6.15. The third-order valence-corrected chi connectivity index (χ3v) is 1.83. The van der Waals surface area contributed by atoms with Gasteiger partial charge in [-0.1, -0.05) is 0 Å². The van der Waals surface area contributed by atoms with Crippen molar-refractivity contribution in [3.8, 4) is 0 Å². The Bertz CT molecular complexity index is 137. The molecule has 0 aromatic rings. The number of rotatable bonds is 0. The van der Waals surface area contributed by atoms with Crippen LogP contribution in [0.1, 0.15) is 13.8 Å². The molecule has 1 rings (SSSR count). The Kier molecular flexibility index (Phi) is 1.79. The van der Waals surface area contributed by atoms with Crippen LogP contribution in [0.15, 0.2) is 0 Å². The van der Waals surface area contributed by atoms with E-state index in [1.54, 1.807) is 13.8 Å². The van der Waals surface area contributed by atoms with Crippen LogP contribution >= 0.6 is 0 Å². The molecule has 4 heteroatoms. The highest BCUT2D eigenvalue weighted by atomic mass is 16.6. The molecule has 1 aliphatic rings. The lowest BCUT2D eigenvalue weighted by Crippen LogP contribution is -2.40. The molecule has 0 aromatic carbocycles. The molecule has 0 aromatic heterocycles. The first-order chi connectivity index (χ1) is 4.45. The van der Waals surface area contributed by atoms with Crippen LogP contribution in [0.25, 0.3) is 0 Å². The zero-order valence-electron chi connectivity index (χ0n) is 6.11. The maximum atomic E-state index is 9.20. The predicted octanol–water partition coefficient (Wildman–Crippen LogP) is -0.988. The van der Waals surface area contributed by atoms with E-state index in [4.69, 9.17) is 17.7 Å². The molecule has 0 spiro atoms. The molecular formula is C6H11BO3. The smallest absolute Gasteiger partial charge is 0.117 e. The van der Waals surface area contributed by atoms with Crippen molar-refractivity contribution in [2.24, 2.45) is 0 Å². The maximum absolute atomic E-state index is 9.20. The quantitative estimate of drug-likeness (QED) is 0.427. The Hall–Kier alpha value is -0.0551. The van der Waals surface area contributed by atoms with Crippen LogP contribution in [0.3, 0.4) is 0 Å². The van der Waals surface area contributed by atoms with Gasteiger partial charge in [-0.3, -0.25) is 0 Å². The van der Waals surface area contributed by atoms with E-state index in [0.717, 1.165) is 0 Å². The molecule has 1 fully saturated rings. The van der Waals surface area contributed by atoms with Crippen molar-refractivity contribution in [3.63, 3.8) is 0 Å². The molecule has 0 bridgehead atoms. The molecule has 3 nitrogen and oxygen atoms in total. The Morgan fingerprint density at radius 1 is 1.50 bits per heavy atom. The third kappa shape index (κ3) is 1.07. The van der Waals surface area contributed by atoms with E-state index in [0.29, 0.717) is 0 Å². The lowest BCUT2D eigenvalue weighted by molar-refractivity contribution is -0.00434. The zero-order valence-corrected chi connectivity index (χ0v) is 6.11. The van der Waals surface area contributed by atoms with Crippen LogP contribution in [0, 0.1) is 0 Å². The first-order valence-electron chi connectivity index (χ1n) is 3.28. The van der Waals surface area contributed by atoms with Gasteiger partial charge in [0.1, 0.15) is 20.1 Å². The van der Waals surface area contributed by atoms with Crippen molar-refractivity contribution in [1.82, 2.24) is 0 Å². The molecule has 1 saturated heterocycles. The number of aliphatic hydroxyl groups is 2. The molecule has 1 unspecified atom stereocenters. The highest BCUT2D eigenvalue weighted by Gasteiger charge is 2.45. The van der Waals surface area contributed by atoms with E-state index >= 15 is 0 Å². The summed E-state index contributed by atoms with van der Waals surface area (Å²) in [4.78, 5) is 0. The summed E-state index contributed by atoms with van der Waals surface area (Å²) in [5, 5.41) is 18.3. The number of ether oxygens (including phenoxy) is 1. The summed E-state index contributed by atoms with van der Waals surface area (Å²) >= 11 is 0. The normalized spacial score (nSPS) is 55.4. The second kappa shape index (κ2) is 2.22. The summed E-state index contributed by atoms with van der Waals surface area (Å²) in [5.74, 6) is 0. The van der Waals surface area contributed by atoms with E-state index in [-0.39, 0.29) is 6.10 Å². The zero-order chi connectivity index (χ0) is 7.94. The van der Waals surface area contributed by atoms with E-state index < -0.39 is 17.7 Å². The molecule has 0 aliphatic carbocycles. The minimum absolute atomic E-state index is 0.384. The fraction of sp³-hybridized carbons (Fsp3) is 1.00. The monoisotopic (exact) mass is 142 g/mol. The Labute approximate surface area is 61.4 Å². The Morgan fingerprint density at radius 2 is 2.00 bits per heavy atom. The number of aliphatic hydroxyl groups excluding tert-OH is 2. The van der Waals surface area contributed by atoms with E-state index in [9.17, 15) is 5.11 Å². The predicted molar refractivity (Wildman–Crippen MR) is 36.7 cm³/mol. The second-order valence-electron chi connectivity index (χ2n) is 2.94. The van der Waals surface area contributed by atoms with Gasteiger partial charge < -0.3 is 14.9 Å². The number of hydrogen-bond acceptors (Lipinski definition) is 3. The summed E-state index contributed by atoms with van der Waals surface area (Å²) in [6, 6.07) is 0. The molecule has 0 saturated carbocycles. The molecule has 10 heavy (non-hydrogen) atoms. The fourth-order valence-corrected chi connectivity index (χ4v) is 1.14. The first-order valence-corrected chi connectivity index (χ1v) is 3.28. The topological polar surface area (TPSA) is 49.7 Å². The maximum Gasteiger partial charge on any atom is 0.117 e. The molecule has 2 radical (unpaired) electrons. The van der Waals surface area contributed by atoms with Gasteiger partial charge in [-0.05, 0) is 13.8 Å². The van der Waals surface area contributed by atoms with Gasteiger partial charge in [0.15, 0.2) is 0 Å². The highest BCUT2D eigenvalue weighted by Crippen LogP contribution is 2.27. The van der Waals surface area contributed by atoms with Gasteiger partial charge in [0.05, 0.1) is 11.6 Å². The largest absolute Gasteiger partial charge is 0.388 e. The molecular weight excluding hydrogens is 131 g/mol. The van der Waals surface area contributed by atoms with Gasteiger partial charge in [-0.25, -0.2) is 0 Å². The molecule has 0 amide bonds. The molecule has 56 valence electrons. The van der Waals surface area contributed by atoms with Crippen molar-refractivity contribution in [1.29, 1.82) is 0 Å². The Balaban J connectivity index is 2.71. The van der Waals surface area contributed by atoms with Gasteiger partial charge in [-0.15, -0.1) is 0 Å². The van der Waals surface area contributed by atoms with Crippen LogP contribution < -0.4 is 0 Å². The van der Waals surface area contributed by atoms with Gasteiger partial charge in [0.25, 0.3) is 0 Å². The van der Waals surface area contributed by atoms with E-state index in [2.05, 4.69) is 0 Å². The Morgan fingerprint density at radius 3 is 2.10 bits per heavy atom. The SMILES string of the molecule is [B][C@]1(C)OC(C)[C@@H](O)[C@H]1O. The molecule has 1 heterocycles. The summed E-state index contributed by atoms with van der Waals surface area (Å²) in [6.07, 6.45) is -2.23. The summed E-state index contributed by atoms with van der Waals surface area (Å²) in [5.41, 5.74) is -1.10. The van der Waals surface area contributed by atoms with Crippen LogP contribution in [-0.4, -0.2) is 41.9 Å². The average molecular weight is 142 g/mol. The lowest BCUT2D eigenvalue weighted by atomic mass is 9.78. The van der Waals surface area contributed by atoms with Crippen LogP contribution in [-0.2, 0) is 4.74 Å². The van der Waals surface area contributed by atoms with Crippen molar-refractivity contribution in [2.45, 2.75) is 37.7 Å². The second-order valence-corrected chi connectivity index (χ2v) is 2.94. The number of hydrogen-bond donors (Lipinski definition) is 2. The molecule has 4 atom stereocenters. The standard InChI is InChI=1S/C6H11BO3/c1-3-4(8)5(9)6(2,7)10-3/h3-5,8-9H,1-2H3/t3?,4-,5-,6-/m1/s1. The van der Waals surface area contributed by atoms with Gasteiger partial charge in [-0.2, -0.15) is 0 Å². The summed E-state index contributed by atoms with van der Waals surface area (Å²) in [7, 11) is 5.47.